The molecule has 0 unspecified atom stereocenters. The zero-order valence-corrected chi connectivity index (χ0v) is 10.6. The summed E-state index contributed by atoms with van der Waals surface area (Å²) in [7, 11) is 0. The van der Waals surface area contributed by atoms with Gasteiger partial charge in [0, 0.05) is 19.0 Å². The van der Waals surface area contributed by atoms with Crippen LogP contribution in [-0.4, -0.2) is 28.7 Å². The Hall–Kier alpha value is -1.85. The lowest BCUT2D eigenvalue weighted by molar-refractivity contribution is -0.137. The second kappa shape index (κ2) is 6.18. The van der Waals surface area contributed by atoms with E-state index in [9.17, 15) is 9.59 Å². The van der Waals surface area contributed by atoms with Gasteiger partial charge >= 0.3 is 5.97 Å². The Kier molecular flexibility index (Phi) is 4.88. The number of aliphatic carboxylic acids is 1. The van der Waals surface area contributed by atoms with E-state index in [2.05, 4.69) is 15.0 Å². The van der Waals surface area contributed by atoms with Crippen LogP contribution in [0.4, 0.5) is 0 Å². The zero-order chi connectivity index (χ0) is 13.6. The Morgan fingerprint density at radius 2 is 2.17 bits per heavy atom. The number of carboxylic acid groups (broad SMARTS) is 1. The lowest BCUT2D eigenvalue weighted by atomic mass is 9.84. The number of hydrogen-bond acceptors (Lipinski definition) is 4. The first-order valence-electron chi connectivity index (χ1n) is 5.81. The third-order valence-corrected chi connectivity index (χ3v) is 2.77. The molecule has 2 N–H and O–H groups in total. The fraction of sp³-hybridized carbons (Fsp3) is 0.583. The van der Waals surface area contributed by atoms with Gasteiger partial charge in [-0.15, -0.1) is 0 Å². The van der Waals surface area contributed by atoms with Gasteiger partial charge in [-0.05, 0) is 18.3 Å². The molecule has 0 aliphatic carbocycles. The number of hydrogen-bond donors (Lipinski definition) is 2. The Morgan fingerprint density at radius 1 is 1.44 bits per heavy atom. The topological polar surface area (TPSA) is 92.4 Å². The van der Waals surface area contributed by atoms with Crippen molar-refractivity contribution in [3.63, 3.8) is 0 Å². The molecule has 6 nitrogen and oxygen atoms in total. The van der Waals surface area contributed by atoms with Gasteiger partial charge in [0.25, 0.3) is 5.91 Å². The lowest BCUT2D eigenvalue weighted by Gasteiger charge is -2.23. The van der Waals surface area contributed by atoms with Gasteiger partial charge in [-0.25, -0.2) is 0 Å². The number of carbonyl (C=O) groups is 2. The van der Waals surface area contributed by atoms with E-state index in [1.165, 1.54) is 12.3 Å². The number of rotatable bonds is 7. The van der Waals surface area contributed by atoms with Gasteiger partial charge in [-0.2, -0.15) is 0 Å². The van der Waals surface area contributed by atoms with Crippen molar-refractivity contribution in [1.29, 1.82) is 0 Å². The number of amides is 1. The van der Waals surface area contributed by atoms with Crippen molar-refractivity contribution in [1.82, 2.24) is 10.5 Å². The van der Waals surface area contributed by atoms with E-state index in [0.717, 1.165) is 0 Å². The van der Waals surface area contributed by atoms with Gasteiger partial charge in [0.15, 0.2) is 5.69 Å². The van der Waals surface area contributed by atoms with Crippen LogP contribution < -0.4 is 5.32 Å². The van der Waals surface area contributed by atoms with E-state index in [-0.39, 0.29) is 23.4 Å². The molecular formula is C12H18N2O4. The summed E-state index contributed by atoms with van der Waals surface area (Å²) in [4.78, 5) is 22.0. The molecule has 0 bridgehead atoms. The zero-order valence-electron chi connectivity index (χ0n) is 10.6. The summed E-state index contributed by atoms with van der Waals surface area (Å²) in [6, 6.07) is 1.49. The number of aromatic nitrogens is 1. The summed E-state index contributed by atoms with van der Waals surface area (Å²) >= 11 is 0. The normalized spacial score (nSPS) is 11.2. The SMILES string of the molecule is CC(C)(CCNC(=O)c1ccon1)CCC(=O)O. The average molecular weight is 254 g/mol. The predicted molar refractivity (Wildman–Crippen MR) is 64.1 cm³/mol. The smallest absolute Gasteiger partial charge is 0.303 e. The van der Waals surface area contributed by atoms with Crippen molar-refractivity contribution in [2.75, 3.05) is 6.54 Å². The van der Waals surface area contributed by atoms with Gasteiger partial charge in [0.2, 0.25) is 0 Å². The minimum absolute atomic E-state index is 0.116. The first-order chi connectivity index (χ1) is 8.41. The predicted octanol–water partition coefficient (Wildman–Crippen LogP) is 1.69. The van der Waals surface area contributed by atoms with E-state index in [0.29, 0.717) is 19.4 Å². The largest absolute Gasteiger partial charge is 0.481 e. The summed E-state index contributed by atoms with van der Waals surface area (Å²) in [6.07, 6.45) is 2.78. The maximum absolute atomic E-state index is 11.5. The molecule has 18 heavy (non-hydrogen) atoms. The molecule has 6 heteroatoms. The molecule has 0 aliphatic heterocycles. The molecule has 0 saturated carbocycles. The molecule has 1 amide bonds. The highest BCUT2D eigenvalue weighted by molar-refractivity contribution is 5.91. The first-order valence-corrected chi connectivity index (χ1v) is 5.81. The van der Waals surface area contributed by atoms with Crippen molar-refractivity contribution in [3.05, 3.63) is 18.0 Å². The van der Waals surface area contributed by atoms with Crippen molar-refractivity contribution in [2.24, 2.45) is 5.41 Å². The molecule has 100 valence electrons. The minimum Gasteiger partial charge on any atom is -0.481 e. The van der Waals surface area contributed by atoms with E-state index in [4.69, 9.17) is 5.11 Å². The lowest BCUT2D eigenvalue weighted by Crippen LogP contribution is -2.28. The number of carbonyl (C=O) groups excluding carboxylic acids is 1. The average Bonchev–Trinajstić information content (AvgIpc) is 2.79. The molecule has 0 atom stereocenters. The van der Waals surface area contributed by atoms with Crippen molar-refractivity contribution >= 4 is 11.9 Å². The third kappa shape index (κ3) is 4.99. The Morgan fingerprint density at radius 3 is 2.72 bits per heavy atom. The van der Waals surface area contributed by atoms with Crippen molar-refractivity contribution in [3.8, 4) is 0 Å². The van der Waals surface area contributed by atoms with Gasteiger partial charge < -0.3 is 14.9 Å². The van der Waals surface area contributed by atoms with E-state index < -0.39 is 5.97 Å². The van der Waals surface area contributed by atoms with Gasteiger partial charge in [0.05, 0.1) is 0 Å². The Bertz CT molecular complexity index is 398. The second-order valence-electron chi connectivity index (χ2n) is 4.95. The molecule has 0 radical (unpaired) electrons. The molecule has 0 aromatic carbocycles. The molecule has 0 spiro atoms. The highest BCUT2D eigenvalue weighted by atomic mass is 16.5. The molecule has 1 aromatic rings. The maximum atomic E-state index is 11.5. The van der Waals surface area contributed by atoms with Crippen LogP contribution in [0.5, 0.6) is 0 Å². The fourth-order valence-electron chi connectivity index (χ4n) is 1.50. The van der Waals surface area contributed by atoms with Crippen LogP contribution in [0.25, 0.3) is 0 Å². The molecule has 0 saturated heterocycles. The quantitative estimate of drug-likeness (QED) is 0.772. The van der Waals surface area contributed by atoms with Crippen molar-refractivity contribution in [2.45, 2.75) is 33.1 Å². The van der Waals surface area contributed by atoms with Gasteiger partial charge in [0.1, 0.15) is 6.26 Å². The van der Waals surface area contributed by atoms with Crippen LogP contribution in [0.15, 0.2) is 16.9 Å². The minimum atomic E-state index is -0.797. The molecule has 1 heterocycles. The maximum Gasteiger partial charge on any atom is 0.303 e. The summed E-state index contributed by atoms with van der Waals surface area (Å²) < 4.78 is 4.57. The van der Waals surface area contributed by atoms with Crippen LogP contribution >= 0.6 is 0 Å². The van der Waals surface area contributed by atoms with Crippen LogP contribution in [0.3, 0.4) is 0 Å². The third-order valence-electron chi connectivity index (χ3n) is 2.77. The van der Waals surface area contributed by atoms with Gasteiger partial charge in [-0.3, -0.25) is 9.59 Å². The van der Waals surface area contributed by atoms with E-state index in [1.54, 1.807) is 0 Å². The first kappa shape index (κ1) is 14.2. The molecule has 1 aromatic heterocycles. The number of carboxylic acids is 1. The number of nitrogens with zero attached hydrogens (tertiary/aromatic N) is 1. The Balaban J connectivity index is 2.28. The van der Waals surface area contributed by atoms with E-state index in [1.807, 2.05) is 13.8 Å². The second-order valence-corrected chi connectivity index (χ2v) is 4.95. The summed E-state index contributed by atoms with van der Waals surface area (Å²) in [5.74, 6) is -1.08. The summed E-state index contributed by atoms with van der Waals surface area (Å²) in [5.41, 5.74) is 0.133. The monoisotopic (exact) mass is 254 g/mol. The highest BCUT2D eigenvalue weighted by Crippen LogP contribution is 2.25. The molecule has 1 rings (SSSR count). The molecular weight excluding hydrogens is 236 g/mol. The van der Waals surface area contributed by atoms with Crippen LogP contribution in [-0.2, 0) is 4.79 Å². The Labute approximate surface area is 105 Å². The van der Waals surface area contributed by atoms with Crippen LogP contribution in [0, 0.1) is 5.41 Å². The highest BCUT2D eigenvalue weighted by Gasteiger charge is 2.19. The summed E-state index contributed by atoms with van der Waals surface area (Å²) in [6.45, 7) is 4.45. The summed E-state index contributed by atoms with van der Waals surface area (Å²) in [5, 5.41) is 14.9. The molecule has 0 aliphatic rings. The fourth-order valence-corrected chi connectivity index (χ4v) is 1.50. The molecule has 0 fully saturated rings. The standard InChI is InChI=1S/C12H18N2O4/c1-12(2,5-3-10(15)16)6-7-13-11(17)9-4-8-18-14-9/h4,8H,3,5-7H2,1-2H3,(H,13,17)(H,15,16). The number of nitrogens with one attached hydrogen (secondary N) is 1. The van der Waals surface area contributed by atoms with Crippen molar-refractivity contribution < 1.29 is 19.2 Å². The van der Waals surface area contributed by atoms with Gasteiger partial charge in [-0.1, -0.05) is 19.0 Å². The van der Waals surface area contributed by atoms with Crippen LogP contribution in [0.2, 0.25) is 0 Å². The van der Waals surface area contributed by atoms with E-state index >= 15 is 0 Å². The van der Waals surface area contributed by atoms with Crippen LogP contribution in [0.1, 0.15) is 43.6 Å².